The van der Waals surface area contributed by atoms with Crippen LogP contribution >= 0.6 is 11.6 Å². The molecular weight excluding hydrogens is 379 g/mol. The summed E-state index contributed by atoms with van der Waals surface area (Å²) in [6, 6.07) is 14.1. The first-order valence-electron chi connectivity index (χ1n) is 7.93. The van der Waals surface area contributed by atoms with Gasteiger partial charge in [-0.15, -0.1) is 0 Å². The smallest absolute Gasteiger partial charge is 0.429 e. The lowest BCUT2D eigenvalue weighted by Crippen LogP contribution is -2.27. The number of ether oxygens (including phenoxy) is 1. The molecule has 3 rings (SSSR count). The van der Waals surface area contributed by atoms with E-state index in [-0.39, 0.29) is 17.4 Å². The van der Waals surface area contributed by atoms with Gasteiger partial charge in [-0.05, 0) is 30.2 Å². The van der Waals surface area contributed by atoms with Crippen LogP contribution in [0.4, 0.5) is 19.1 Å². The lowest BCUT2D eigenvalue weighted by Gasteiger charge is -2.24. The Bertz CT molecular complexity index is 928. The van der Waals surface area contributed by atoms with Crippen molar-refractivity contribution in [3.8, 4) is 17.0 Å². The molecule has 0 saturated carbocycles. The summed E-state index contributed by atoms with van der Waals surface area (Å²) in [4.78, 5) is 7.59. The van der Waals surface area contributed by atoms with Crippen LogP contribution in [0.3, 0.4) is 0 Å². The fraction of sp³-hybridized carbons (Fsp3) is 0.158. The van der Waals surface area contributed by atoms with Crippen LogP contribution in [0.15, 0.2) is 54.6 Å². The van der Waals surface area contributed by atoms with Crippen molar-refractivity contribution in [2.24, 2.45) is 0 Å². The standard InChI is InChI=1S/C19H15ClF3N3O/c1-11-9-16(26-18(24)25-11)27-17(19(21,22)23)14-8-7-13(20)10-15(14)12-5-3-2-4-6-12/h2-10,17H,1H3,(H2,24,25,26)/t17-/m0/s1. The maximum Gasteiger partial charge on any atom is 0.429 e. The zero-order valence-electron chi connectivity index (χ0n) is 14.2. The van der Waals surface area contributed by atoms with Gasteiger partial charge in [-0.25, -0.2) is 4.98 Å². The van der Waals surface area contributed by atoms with Crippen LogP contribution in [0.25, 0.3) is 11.1 Å². The monoisotopic (exact) mass is 393 g/mol. The molecule has 0 bridgehead atoms. The fourth-order valence-electron chi connectivity index (χ4n) is 2.67. The normalized spacial score (nSPS) is 12.6. The zero-order valence-corrected chi connectivity index (χ0v) is 14.9. The number of benzene rings is 2. The summed E-state index contributed by atoms with van der Waals surface area (Å²) in [6.07, 6.45) is -6.94. The molecule has 27 heavy (non-hydrogen) atoms. The largest absolute Gasteiger partial charge is 0.460 e. The number of rotatable bonds is 4. The van der Waals surface area contributed by atoms with E-state index >= 15 is 0 Å². The van der Waals surface area contributed by atoms with E-state index in [0.717, 1.165) is 0 Å². The number of halogens is 4. The average molecular weight is 394 g/mol. The van der Waals surface area contributed by atoms with Gasteiger partial charge in [0.1, 0.15) is 0 Å². The molecule has 140 valence electrons. The molecule has 0 aliphatic carbocycles. The summed E-state index contributed by atoms with van der Waals surface area (Å²) >= 11 is 6.03. The highest BCUT2D eigenvalue weighted by molar-refractivity contribution is 6.30. The van der Waals surface area contributed by atoms with Gasteiger partial charge in [0.05, 0.1) is 0 Å². The molecule has 2 N–H and O–H groups in total. The van der Waals surface area contributed by atoms with Gasteiger partial charge >= 0.3 is 6.18 Å². The van der Waals surface area contributed by atoms with Gasteiger partial charge in [-0.3, -0.25) is 0 Å². The van der Waals surface area contributed by atoms with Crippen LogP contribution in [0, 0.1) is 6.92 Å². The van der Waals surface area contributed by atoms with Gasteiger partial charge < -0.3 is 10.5 Å². The Balaban J connectivity index is 2.11. The number of nitrogens with two attached hydrogens (primary N) is 1. The van der Waals surface area contributed by atoms with E-state index in [1.165, 1.54) is 24.3 Å². The van der Waals surface area contributed by atoms with E-state index in [9.17, 15) is 13.2 Å². The molecule has 4 nitrogen and oxygen atoms in total. The summed E-state index contributed by atoms with van der Waals surface area (Å²) in [5.74, 6) is -0.415. The molecule has 1 aromatic heterocycles. The fourth-order valence-corrected chi connectivity index (χ4v) is 2.85. The Morgan fingerprint density at radius 2 is 1.74 bits per heavy atom. The number of hydrogen-bond acceptors (Lipinski definition) is 4. The van der Waals surface area contributed by atoms with Gasteiger partial charge in [0.15, 0.2) is 0 Å². The topological polar surface area (TPSA) is 61.0 Å². The van der Waals surface area contributed by atoms with Crippen molar-refractivity contribution in [1.82, 2.24) is 9.97 Å². The second kappa shape index (κ2) is 7.44. The van der Waals surface area contributed by atoms with E-state index in [2.05, 4.69) is 9.97 Å². The maximum atomic E-state index is 13.9. The molecular formula is C19H15ClF3N3O. The van der Waals surface area contributed by atoms with Crippen molar-refractivity contribution >= 4 is 17.5 Å². The summed E-state index contributed by atoms with van der Waals surface area (Å²) in [5.41, 5.74) is 6.76. The Morgan fingerprint density at radius 3 is 2.37 bits per heavy atom. The van der Waals surface area contributed by atoms with E-state index in [4.69, 9.17) is 22.1 Å². The minimum atomic E-state index is -4.69. The van der Waals surface area contributed by atoms with Crippen LogP contribution < -0.4 is 10.5 Å². The van der Waals surface area contributed by atoms with E-state index < -0.39 is 12.3 Å². The third kappa shape index (κ3) is 4.49. The zero-order chi connectivity index (χ0) is 19.6. The van der Waals surface area contributed by atoms with E-state index in [0.29, 0.717) is 21.8 Å². The van der Waals surface area contributed by atoms with Crippen LogP contribution in [-0.4, -0.2) is 16.1 Å². The van der Waals surface area contributed by atoms with Crippen molar-refractivity contribution in [2.45, 2.75) is 19.2 Å². The number of anilines is 1. The van der Waals surface area contributed by atoms with Gasteiger partial charge in [0.25, 0.3) is 0 Å². The minimum absolute atomic E-state index is 0.0760. The van der Waals surface area contributed by atoms with Crippen molar-refractivity contribution in [3.05, 3.63) is 70.9 Å². The first-order valence-corrected chi connectivity index (χ1v) is 8.31. The molecule has 3 aromatic rings. The van der Waals surface area contributed by atoms with Crippen LogP contribution in [-0.2, 0) is 0 Å². The summed E-state index contributed by atoms with van der Waals surface area (Å²) in [7, 11) is 0. The molecule has 0 aliphatic rings. The summed E-state index contributed by atoms with van der Waals surface area (Å²) in [5, 5.41) is 0.320. The van der Waals surface area contributed by atoms with Gasteiger partial charge in [0, 0.05) is 22.3 Å². The van der Waals surface area contributed by atoms with E-state index in [1.54, 1.807) is 37.3 Å². The number of aryl methyl sites for hydroxylation is 1. The highest BCUT2D eigenvalue weighted by Crippen LogP contribution is 2.41. The number of nitrogen functional groups attached to an aromatic ring is 1. The molecule has 0 amide bonds. The number of alkyl halides is 3. The van der Waals surface area contributed by atoms with Gasteiger partial charge in [0.2, 0.25) is 17.9 Å². The number of nitrogens with zero attached hydrogens (tertiary/aromatic N) is 2. The number of aromatic nitrogens is 2. The predicted octanol–water partition coefficient (Wildman–Crippen LogP) is 5.37. The maximum absolute atomic E-state index is 13.9. The molecule has 0 spiro atoms. The molecule has 0 fully saturated rings. The van der Waals surface area contributed by atoms with Crippen LogP contribution in [0.5, 0.6) is 5.88 Å². The molecule has 2 aromatic carbocycles. The van der Waals surface area contributed by atoms with Crippen LogP contribution in [0.2, 0.25) is 5.02 Å². The Morgan fingerprint density at radius 1 is 1.04 bits per heavy atom. The molecule has 0 saturated heterocycles. The predicted molar refractivity (Wildman–Crippen MR) is 97.5 cm³/mol. The molecule has 0 aliphatic heterocycles. The minimum Gasteiger partial charge on any atom is -0.460 e. The number of hydrogen-bond donors (Lipinski definition) is 1. The molecule has 1 atom stereocenters. The first-order chi connectivity index (χ1) is 12.7. The van der Waals surface area contributed by atoms with Crippen molar-refractivity contribution in [3.63, 3.8) is 0 Å². The quantitative estimate of drug-likeness (QED) is 0.647. The summed E-state index contributed by atoms with van der Waals surface area (Å²) < 4.78 is 46.8. The average Bonchev–Trinajstić information content (AvgIpc) is 2.59. The highest BCUT2D eigenvalue weighted by Gasteiger charge is 2.44. The molecule has 0 unspecified atom stereocenters. The Labute approximate surface area is 158 Å². The lowest BCUT2D eigenvalue weighted by atomic mass is 9.96. The van der Waals surface area contributed by atoms with Crippen molar-refractivity contribution in [2.75, 3.05) is 5.73 Å². The first kappa shape index (κ1) is 19.0. The highest BCUT2D eigenvalue weighted by atomic mass is 35.5. The van der Waals surface area contributed by atoms with Gasteiger partial charge in [-0.1, -0.05) is 48.0 Å². The van der Waals surface area contributed by atoms with Crippen molar-refractivity contribution < 1.29 is 17.9 Å². The SMILES string of the molecule is Cc1cc(O[C@@H](c2ccc(Cl)cc2-c2ccccc2)C(F)(F)F)nc(N)n1. The second-order valence-corrected chi connectivity index (χ2v) is 6.28. The summed E-state index contributed by atoms with van der Waals surface area (Å²) in [6.45, 7) is 1.59. The Hall–Kier alpha value is -2.80. The third-order valence-electron chi connectivity index (χ3n) is 3.77. The van der Waals surface area contributed by atoms with Crippen molar-refractivity contribution in [1.29, 1.82) is 0 Å². The third-order valence-corrected chi connectivity index (χ3v) is 4.00. The lowest BCUT2D eigenvalue weighted by molar-refractivity contribution is -0.198. The Kier molecular flexibility index (Phi) is 5.23. The molecule has 1 heterocycles. The van der Waals surface area contributed by atoms with Crippen LogP contribution in [0.1, 0.15) is 17.4 Å². The van der Waals surface area contributed by atoms with Gasteiger partial charge in [-0.2, -0.15) is 18.2 Å². The molecule has 0 radical (unpaired) electrons. The molecule has 8 heteroatoms. The van der Waals surface area contributed by atoms with E-state index in [1.807, 2.05) is 0 Å². The second-order valence-electron chi connectivity index (χ2n) is 5.84.